The van der Waals surface area contributed by atoms with E-state index in [0.29, 0.717) is 17.8 Å². The minimum absolute atomic E-state index is 0.0720. The first-order chi connectivity index (χ1) is 17.0. The summed E-state index contributed by atoms with van der Waals surface area (Å²) >= 11 is 0. The lowest BCUT2D eigenvalue weighted by molar-refractivity contribution is -0.123. The van der Waals surface area contributed by atoms with Crippen LogP contribution in [-0.2, 0) is 17.9 Å². The summed E-state index contributed by atoms with van der Waals surface area (Å²) in [6.07, 6.45) is 1.47. The molecule has 7 nitrogen and oxygen atoms in total. The van der Waals surface area contributed by atoms with Crippen molar-refractivity contribution < 1.29 is 9.59 Å². The van der Waals surface area contributed by atoms with Gasteiger partial charge in [-0.3, -0.25) is 19.6 Å². The molecule has 3 amide bonds. The number of H-pyrrole nitrogens is 1. The fourth-order valence-electron chi connectivity index (χ4n) is 4.19. The monoisotopic (exact) mass is 464 g/mol. The van der Waals surface area contributed by atoms with Crippen LogP contribution in [0.3, 0.4) is 0 Å². The summed E-state index contributed by atoms with van der Waals surface area (Å²) in [7, 11) is 0. The van der Waals surface area contributed by atoms with Gasteiger partial charge in [0.05, 0.1) is 24.3 Å². The highest BCUT2D eigenvalue weighted by Gasteiger charge is 2.34. The average molecular weight is 465 g/mol. The smallest absolute Gasteiger partial charge is 0.303 e. The van der Waals surface area contributed by atoms with Gasteiger partial charge < -0.3 is 5.32 Å². The van der Waals surface area contributed by atoms with Crippen LogP contribution in [0.25, 0.3) is 17.3 Å². The number of urea groups is 1. The maximum atomic E-state index is 13.4. The highest BCUT2D eigenvalue weighted by molar-refractivity contribution is 6.14. The quantitative estimate of drug-likeness (QED) is 0.330. The Morgan fingerprint density at radius 3 is 2.20 bits per heavy atom. The van der Waals surface area contributed by atoms with Crippen LogP contribution in [0.2, 0.25) is 0 Å². The van der Waals surface area contributed by atoms with E-state index in [-0.39, 0.29) is 17.8 Å². The zero-order chi connectivity index (χ0) is 24.4. The van der Waals surface area contributed by atoms with Crippen LogP contribution < -0.4 is 10.9 Å². The second kappa shape index (κ2) is 9.30. The number of hydrogen-bond donors (Lipinski definition) is 2. The minimum atomic E-state index is -0.510. The van der Waals surface area contributed by atoms with Crippen molar-refractivity contribution in [3.05, 3.63) is 123 Å². The molecule has 3 aromatic carbocycles. The Bertz CT molecular complexity index is 1480. The number of aromatic amines is 1. The third-order valence-corrected chi connectivity index (χ3v) is 5.91. The molecule has 0 bridgehead atoms. The van der Waals surface area contributed by atoms with Gasteiger partial charge in [-0.05, 0) is 24.1 Å². The first kappa shape index (κ1) is 22.2. The molecule has 5 rings (SSSR count). The van der Waals surface area contributed by atoms with E-state index in [9.17, 15) is 14.4 Å². The Labute approximate surface area is 202 Å². The predicted molar refractivity (Wildman–Crippen MR) is 134 cm³/mol. The predicted octanol–water partition coefficient (Wildman–Crippen LogP) is 4.29. The van der Waals surface area contributed by atoms with E-state index in [1.807, 2.05) is 91.9 Å². The van der Waals surface area contributed by atoms with Crippen molar-refractivity contribution in [1.29, 1.82) is 0 Å². The molecule has 174 valence electrons. The standard InChI is InChI=1S/C28H24N4O3/c1-19-9-8-12-21(15-19)17-31-27(34)24(29-28(31)35)16-23-25(22-13-6-3-7-14-22)30-32(26(23)33)18-20-10-4-2-5-11-20/h2-16,30H,17-18H2,1H3,(H,29,35)/b24-16-. The molecule has 0 atom stereocenters. The summed E-state index contributed by atoms with van der Waals surface area (Å²) in [6.45, 7) is 2.46. The van der Waals surface area contributed by atoms with Crippen LogP contribution in [0.4, 0.5) is 4.79 Å². The van der Waals surface area contributed by atoms with Gasteiger partial charge in [0, 0.05) is 5.56 Å². The van der Waals surface area contributed by atoms with Crippen molar-refractivity contribution in [3.63, 3.8) is 0 Å². The molecule has 1 fully saturated rings. The maximum Gasteiger partial charge on any atom is 0.329 e. The summed E-state index contributed by atoms with van der Waals surface area (Å²) in [4.78, 5) is 40.3. The summed E-state index contributed by atoms with van der Waals surface area (Å²) in [6, 6.07) is 26.2. The molecular weight excluding hydrogens is 440 g/mol. The molecule has 0 radical (unpaired) electrons. The molecule has 2 N–H and O–H groups in total. The fraction of sp³-hybridized carbons (Fsp3) is 0.107. The largest absolute Gasteiger partial charge is 0.329 e. The number of hydrogen-bond acceptors (Lipinski definition) is 3. The van der Waals surface area contributed by atoms with Crippen LogP contribution in [0, 0.1) is 6.92 Å². The molecule has 1 aliphatic rings. The molecule has 0 aliphatic carbocycles. The number of amides is 3. The Kier molecular flexibility index (Phi) is 5.89. The van der Waals surface area contributed by atoms with Crippen LogP contribution in [0.1, 0.15) is 22.3 Å². The molecule has 7 heteroatoms. The maximum absolute atomic E-state index is 13.4. The molecule has 35 heavy (non-hydrogen) atoms. The van der Waals surface area contributed by atoms with Gasteiger partial charge in [-0.2, -0.15) is 0 Å². The normalized spacial score (nSPS) is 14.5. The lowest BCUT2D eigenvalue weighted by atomic mass is 10.1. The first-order valence-electron chi connectivity index (χ1n) is 11.3. The number of nitrogens with zero attached hydrogens (tertiary/aromatic N) is 2. The SMILES string of the molecule is Cc1cccc(CN2C(=O)N/C(=C\c3c(-c4ccccc4)[nH]n(Cc4ccccc4)c3=O)C2=O)c1. The van der Waals surface area contributed by atoms with Crippen molar-refractivity contribution in [2.45, 2.75) is 20.0 Å². The molecule has 0 spiro atoms. The molecule has 2 heterocycles. The highest BCUT2D eigenvalue weighted by Crippen LogP contribution is 2.23. The van der Waals surface area contributed by atoms with Gasteiger partial charge in [0.1, 0.15) is 5.70 Å². The number of nitrogens with one attached hydrogen (secondary N) is 2. The lowest BCUT2D eigenvalue weighted by Gasteiger charge is -2.12. The molecular formula is C28H24N4O3. The number of carbonyl (C=O) groups is 2. The van der Waals surface area contributed by atoms with Crippen molar-refractivity contribution >= 4 is 18.0 Å². The van der Waals surface area contributed by atoms with Gasteiger partial charge in [0.15, 0.2) is 0 Å². The van der Waals surface area contributed by atoms with Crippen molar-refractivity contribution in [3.8, 4) is 11.3 Å². The molecule has 1 aliphatic heterocycles. The summed E-state index contributed by atoms with van der Waals surface area (Å²) in [5.74, 6) is -0.467. The van der Waals surface area contributed by atoms with Crippen LogP contribution >= 0.6 is 0 Å². The van der Waals surface area contributed by atoms with Crippen molar-refractivity contribution in [2.24, 2.45) is 0 Å². The number of aromatic nitrogens is 2. The fourth-order valence-corrected chi connectivity index (χ4v) is 4.19. The number of imide groups is 1. The lowest BCUT2D eigenvalue weighted by Crippen LogP contribution is -2.30. The van der Waals surface area contributed by atoms with E-state index in [1.165, 1.54) is 10.8 Å². The van der Waals surface area contributed by atoms with Gasteiger partial charge in [-0.1, -0.05) is 90.5 Å². The first-order valence-corrected chi connectivity index (χ1v) is 11.3. The van der Waals surface area contributed by atoms with Crippen LogP contribution in [0.15, 0.2) is 95.4 Å². The van der Waals surface area contributed by atoms with Gasteiger partial charge in [-0.15, -0.1) is 0 Å². The van der Waals surface area contributed by atoms with E-state index in [0.717, 1.165) is 27.2 Å². The molecule has 0 unspecified atom stereocenters. The summed E-state index contributed by atoms with van der Waals surface area (Å²) < 4.78 is 1.51. The van der Waals surface area contributed by atoms with Crippen molar-refractivity contribution in [1.82, 2.24) is 20.0 Å². The van der Waals surface area contributed by atoms with Crippen LogP contribution in [-0.4, -0.2) is 26.6 Å². The second-order valence-electron chi connectivity index (χ2n) is 8.51. The molecule has 0 saturated carbocycles. The van der Waals surface area contributed by atoms with E-state index < -0.39 is 11.9 Å². The zero-order valence-electron chi connectivity index (χ0n) is 19.2. The number of carbonyl (C=O) groups excluding carboxylic acids is 2. The van der Waals surface area contributed by atoms with Crippen molar-refractivity contribution in [2.75, 3.05) is 0 Å². The number of aryl methyl sites for hydroxylation is 1. The Morgan fingerprint density at radius 2 is 1.49 bits per heavy atom. The molecule has 1 saturated heterocycles. The third-order valence-electron chi connectivity index (χ3n) is 5.91. The molecule has 1 aromatic heterocycles. The van der Waals surface area contributed by atoms with Gasteiger partial charge in [0.25, 0.3) is 11.5 Å². The number of benzene rings is 3. The van der Waals surface area contributed by atoms with Gasteiger partial charge >= 0.3 is 6.03 Å². The molecule has 4 aromatic rings. The Morgan fingerprint density at radius 1 is 0.800 bits per heavy atom. The Hall–Kier alpha value is -4.65. The third kappa shape index (κ3) is 4.56. The van der Waals surface area contributed by atoms with E-state index in [4.69, 9.17) is 0 Å². The van der Waals surface area contributed by atoms with Gasteiger partial charge in [0.2, 0.25) is 0 Å². The van der Waals surface area contributed by atoms with E-state index in [2.05, 4.69) is 10.4 Å². The second-order valence-corrected chi connectivity index (χ2v) is 8.51. The van der Waals surface area contributed by atoms with E-state index >= 15 is 0 Å². The topological polar surface area (TPSA) is 87.2 Å². The summed E-state index contributed by atoms with van der Waals surface area (Å²) in [5, 5.41) is 5.83. The minimum Gasteiger partial charge on any atom is -0.303 e. The Balaban J connectivity index is 1.52. The average Bonchev–Trinajstić information content (AvgIpc) is 3.31. The zero-order valence-corrected chi connectivity index (χ0v) is 19.2. The van der Waals surface area contributed by atoms with Crippen LogP contribution in [0.5, 0.6) is 0 Å². The number of rotatable bonds is 6. The van der Waals surface area contributed by atoms with E-state index in [1.54, 1.807) is 0 Å². The summed E-state index contributed by atoms with van der Waals surface area (Å²) in [5.41, 5.74) is 4.35. The van der Waals surface area contributed by atoms with Gasteiger partial charge in [-0.25, -0.2) is 9.48 Å². The highest BCUT2D eigenvalue weighted by atomic mass is 16.2.